The number of nitriles is 1. The van der Waals surface area contributed by atoms with Crippen molar-refractivity contribution in [2.24, 2.45) is 5.41 Å². The third-order valence-corrected chi connectivity index (χ3v) is 6.21. The van der Waals surface area contributed by atoms with E-state index in [9.17, 15) is 19.6 Å². The molecule has 2 aliphatic carbocycles. The first kappa shape index (κ1) is 20.5. The molecule has 0 amide bonds. The fraction of sp³-hybridized carbons (Fsp3) is 0.522. The topological polar surface area (TPSA) is 90.9 Å². The van der Waals surface area contributed by atoms with Crippen molar-refractivity contribution >= 4 is 11.5 Å². The summed E-state index contributed by atoms with van der Waals surface area (Å²) >= 11 is 0. The van der Waals surface area contributed by atoms with Crippen molar-refractivity contribution in [3.8, 4) is 11.8 Å². The number of aliphatic hydroxyl groups excluding tert-OH is 1. The van der Waals surface area contributed by atoms with Crippen molar-refractivity contribution in [3.63, 3.8) is 0 Å². The highest BCUT2D eigenvalue weighted by Gasteiger charge is 2.36. The van der Waals surface area contributed by atoms with E-state index in [1.165, 1.54) is 6.07 Å². The van der Waals surface area contributed by atoms with Gasteiger partial charge in [-0.3, -0.25) is 4.79 Å². The van der Waals surface area contributed by atoms with Crippen molar-refractivity contribution in [1.82, 2.24) is 9.78 Å². The second kappa shape index (κ2) is 7.51. The average molecular weight is 410 g/mol. The van der Waals surface area contributed by atoms with E-state index in [0.29, 0.717) is 48.3 Å². The Balaban J connectivity index is 1.76. The lowest BCUT2D eigenvalue weighted by atomic mass is 9.75. The summed E-state index contributed by atoms with van der Waals surface area (Å²) in [4.78, 5) is 12.7. The molecular formula is C23H27FN4O2. The Bertz CT molecular complexity index is 1040. The van der Waals surface area contributed by atoms with Gasteiger partial charge in [0, 0.05) is 18.5 Å². The Kier molecular flexibility index (Phi) is 5.15. The number of ketones is 1. The number of carbonyl (C=O) groups is 1. The van der Waals surface area contributed by atoms with Crippen LogP contribution in [0.2, 0.25) is 0 Å². The molecule has 158 valence electrons. The number of nitrogens with one attached hydrogen (secondary N) is 1. The van der Waals surface area contributed by atoms with Crippen LogP contribution in [0.15, 0.2) is 12.1 Å². The number of hydrogen-bond donors (Lipinski definition) is 2. The van der Waals surface area contributed by atoms with Gasteiger partial charge in [-0.1, -0.05) is 13.8 Å². The maximum atomic E-state index is 14.9. The minimum absolute atomic E-state index is 0.0287. The molecule has 2 aliphatic rings. The van der Waals surface area contributed by atoms with Gasteiger partial charge in [0.25, 0.3) is 0 Å². The van der Waals surface area contributed by atoms with Gasteiger partial charge >= 0.3 is 0 Å². The van der Waals surface area contributed by atoms with E-state index in [2.05, 4.69) is 10.4 Å². The lowest BCUT2D eigenvalue weighted by molar-refractivity contribution is 0.0910. The quantitative estimate of drug-likeness (QED) is 0.796. The molecule has 2 aromatic rings. The predicted molar refractivity (Wildman–Crippen MR) is 111 cm³/mol. The summed E-state index contributed by atoms with van der Waals surface area (Å²) in [6, 6.07) is 5.09. The molecule has 0 radical (unpaired) electrons. The van der Waals surface area contributed by atoms with Gasteiger partial charge in [-0.15, -0.1) is 0 Å². The Labute approximate surface area is 175 Å². The molecule has 1 heterocycles. The van der Waals surface area contributed by atoms with E-state index < -0.39 is 5.82 Å². The number of hydrogen-bond acceptors (Lipinski definition) is 5. The lowest BCUT2D eigenvalue weighted by Gasteiger charge is -2.29. The maximum Gasteiger partial charge on any atom is 0.167 e. The molecule has 0 aliphatic heterocycles. The molecule has 1 fully saturated rings. The van der Waals surface area contributed by atoms with Gasteiger partial charge in [-0.2, -0.15) is 10.4 Å². The highest BCUT2D eigenvalue weighted by atomic mass is 19.1. The average Bonchev–Trinajstić information content (AvgIpc) is 2.98. The van der Waals surface area contributed by atoms with Crippen LogP contribution in [-0.2, 0) is 6.42 Å². The van der Waals surface area contributed by atoms with Crippen molar-refractivity contribution < 1.29 is 14.3 Å². The molecule has 0 unspecified atom stereocenters. The predicted octanol–water partition coefficient (Wildman–Crippen LogP) is 4.06. The Morgan fingerprint density at radius 2 is 1.97 bits per heavy atom. The Morgan fingerprint density at radius 1 is 1.27 bits per heavy atom. The second-order valence-corrected chi connectivity index (χ2v) is 9.37. The number of Topliss-reactive ketones (excluding diaryl/α,β-unsaturated/α-hetero) is 1. The van der Waals surface area contributed by atoms with Crippen LogP contribution in [0.1, 0.15) is 73.3 Å². The van der Waals surface area contributed by atoms with E-state index in [0.717, 1.165) is 18.5 Å². The van der Waals surface area contributed by atoms with Crippen LogP contribution in [0.4, 0.5) is 10.1 Å². The summed E-state index contributed by atoms with van der Waals surface area (Å²) in [5.41, 5.74) is 2.78. The fourth-order valence-corrected chi connectivity index (χ4v) is 4.74. The lowest BCUT2D eigenvalue weighted by Crippen LogP contribution is -2.29. The number of aryl methyl sites for hydroxylation is 1. The standard InChI is InChI=1S/C23H27FN4O2/c1-13-22-20(10-23(2,3)11-21(22)30)28(27-13)15-8-18(24)17(12-25)19(9-15)26-14-4-6-16(29)7-5-14/h8-9,14,16,26,29H,4-7,10-11H2,1-3H3/t14-,16-. The number of fused-ring (bicyclic) bond motifs is 1. The SMILES string of the molecule is Cc1nn(-c2cc(F)c(C#N)c(N[C@H]3CC[C@H](O)CC3)c2)c2c1C(=O)CC(C)(C)C2. The van der Waals surface area contributed by atoms with Crippen LogP contribution >= 0.6 is 0 Å². The third-order valence-electron chi connectivity index (χ3n) is 6.21. The number of anilines is 1. The molecule has 1 aromatic heterocycles. The number of aliphatic hydroxyl groups is 1. The molecule has 7 heteroatoms. The highest BCUT2D eigenvalue weighted by Crippen LogP contribution is 2.37. The van der Waals surface area contributed by atoms with Gasteiger partial charge in [0.15, 0.2) is 5.78 Å². The summed E-state index contributed by atoms with van der Waals surface area (Å²) in [5.74, 6) is -0.546. The first-order valence-corrected chi connectivity index (χ1v) is 10.5. The van der Waals surface area contributed by atoms with Gasteiger partial charge < -0.3 is 10.4 Å². The monoisotopic (exact) mass is 410 g/mol. The van der Waals surface area contributed by atoms with Crippen LogP contribution < -0.4 is 5.32 Å². The number of rotatable bonds is 3. The van der Waals surface area contributed by atoms with E-state index in [-0.39, 0.29) is 28.9 Å². The van der Waals surface area contributed by atoms with E-state index in [1.54, 1.807) is 17.7 Å². The molecule has 1 aromatic carbocycles. The molecule has 0 bridgehead atoms. The fourth-order valence-electron chi connectivity index (χ4n) is 4.74. The van der Waals surface area contributed by atoms with Crippen molar-refractivity contribution in [2.45, 2.75) is 71.4 Å². The van der Waals surface area contributed by atoms with E-state index in [1.807, 2.05) is 19.9 Å². The molecule has 0 saturated heterocycles. The zero-order valence-electron chi connectivity index (χ0n) is 17.6. The highest BCUT2D eigenvalue weighted by molar-refractivity contribution is 5.99. The number of halogens is 1. The summed E-state index contributed by atoms with van der Waals surface area (Å²) in [7, 11) is 0. The number of benzene rings is 1. The Hall–Kier alpha value is -2.72. The Morgan fingerprint density at radius 3 is 2.63 bits per heavy atom. The normalized spacial score (nSPS) is 23.0. The second-order valence-electron chi connectivity index (χ2n) is 9.37. The van der Waals surface area contributed by atoms with Crippen LogP contribution in [0, 0.1) is 29.5 Å². The van der Waals surface area contributed by atoms with E-state index in [4.69, 9.17) is 0 Å². The summed E-state index contributed by atoms with van der Waals surface area (Å²) in [6.45, 7) is 5.90. The molecule has 6 nitrogen and oxygen atoms in total. The van der Waals surface area contributed by atoms with Gasteiger partial charge in [0.2, 0.25) is 0 Å². The smallest absolute Gasteiger partial charge is 0.167 e. The maximum absolute atomic E-state index is 14.9. The number of aromatic nitrogens is 2. The van der Waals surface area contributed by atoms with Crippen LogP contribution in [-0.4, -0.2) is 32.8 Å². The molecule has 30 heavy (non-hydrogen) atoms. The molecule has 2 N–H and O–H groups in total. The zero-order valence-corrected chi connectivity index (χ0v) is 17.6. The van der Waals surface area contributed by atoms with Crippen LogP contribution in [0.25, 0.3) is 5.69 Å². The van der Waals surface area contributed by atoms with Gasteiger partial charge in [-0.25, -0.2) is 9.07 Å². The zero-order chi connectivity index (χ0) is 21.6. The summed E-state index contributed by atoms with van der Waals surface area (Å²) in [5, 5.41) is 27.1. The first-order valence-electron chi connectivity index (χ1n) is 10.5. The van der Waals surface area contributed by atoms with Crippen molar-refractivity contribution in [3.05, 3.63) is 40.5 Å². The van der Waals surface area contributed by atoms with Crippen molar-refractivity contribution in [2.75, 3.05) is 5.32 Å². The van der Waals surface area contributed by atoms with Gasteiger partial charge in [0.1, 0.15) is 17.4 Å². The van der Waals surface area contributed by atoms with Gasteiger partial charge in [-0.05, 0) is 50.5 Å². The number of carbonyl (C=O) groups excluding carboxylic acids is 1. The largest absolute Gasteiger partial charge is 0.393 e. The molecule has 0 spiro atoms. The summed E-state index contributed by atoms with van der Waals surface area (Å²) < 4.78 is 16.5. The van der Waals surface area contributed by atoms with Gasteiger partial charge in [0.05, 0.1) is 34.4 Å². The van der Waals surface area contributed by atoms with Crippen molar-refractivity contribution in [1.29, 1.82) is 5.26 Å². The summed E-state index contributed by atoms with van der Waals surface area (Å²) in [6.07, 6.45) is 3.73. The first-order chi connectivity index (χ1) is 14.2. The molecule has 1 saturated carbocycles. The van der Waals surface area contributed by atoms with Crippen LogP contribution in [0.3, 0.4) is 0 Å². The van der Waals surface area contributed by atoms with E-state index >= 15 is 0 Å². The van der Waals surface area contributed by atoms with Crippen LogP contribution in [0.5, 0.6) is 0 Å². The molecule has 0 atom stereocenters. The molecule has 4 rings (SSSR count). The molecular weight excluding hydrogens is 383 g/mol. The minimum Gasteiger partial charge on any atom is -0.393 e. The third kappa shape index (κ3) is 3.72. The number of nitrogens with zero attached hydrogens (tertiary/aromatic N) is 3. The minimum atomic E-state index is -0.614.